The number of carbonyl (C=O) groups is 1. The smallest absolute Gasteiger partial charge is 0.345 e. The van der Waals surface area contributed by atoms with E-state index in [-0.39, 0.29) is 0 Å². The highest BCUT2D eigenvalue weighted by atomic mass is 32.1. The molecule has 0 spiro atoms. The summed E-state index contributed by atoms with van der Waals surface area (Å²) in [6, 6.07) is 33.1. The molecule has 0 aliphatic rings. The molecular formula is C33H27NO4S2. The van der Waals surface area contributed by atoms with Crippen molar-refractivity contribution in [1.82, 2.24) is 0 Å². The van der Waals surface area contributed by atoms with E-state index in [9.17, 15) is 9.90 Å². The Morgan fingerprint density at radius 3 is 1.70 bits per heavy atom. The van der Waals surface area contributed by atoms with Gasteiger partial charge in [-0.3, -0.25) is 0 Å². The van der Waals surface area contributed by atoms with Crippen LogP contribution in [0.3, 0.4) is 0 Å². The number of carboxylic acid groups (broad SMARTS) is 1. The summed E-state index contributed by atoms with van der Waals surface area (Å²) in [4.78, 5) is 15.3. The second kappa shape index (κ2) is 11.0. The van der Waals surface area contributed by atoms with E-state index in [4.69, 9.17) is 9.47 Å². The third-order valence-electron chi connectivity index (χ3n) is 6.93. The van der Waals surface area contributed by atoms with E-state index in [2.05, 4.69) is 71.6 Å². The van der Waals surface area contributed by atoms with Gasteiger partial charge in [-0.25, -0.2) is 4.79 Å². The van der Waals surface area contributed by atoms with Gasteiger partial charge in [-0.2, -0.15) is 0 Å². The Labute approximate surface area is 240 Å². The molecule has 0 aliphatic heterocycles. The number of thiophene rings is 2. The minimum absolute atomic E-state index is 0.383. The lowest BCUT2D eigenvalue weighted by Crippen LogP contribution is -2.10. The number of methoxy groups -OCH3 is 2. The Morgan fingerprint density at radius 1 is 0.675 bits per heavy atom. The fourth-order valence-electron chi connectivity index (χ4n) is 4.84. The highest BCUT2D eigenvalue weighted by Gasteiger charge is 2.14. The number of hydrogen-bond acceptors (Lipinski definition) is 6. The molecule has 0 fully saturated rings. The van der Waals surface area contributed by atoms with Crippen LogP contribution in [0.5, 0.6) is 11.5 Å². The number of benzene rings is 4. The molecular weight excluding hydrogens is 539 g/mol. The molecule has 7 heteroatoms. The van der Waals surface area contributed by atoms with Gasteiger partial charge >= 0.3 is 5.97 Å². The minimum Gasteiger partial charge on any atom is -0.497 e. The summed E-state index contributed by atoms with van der Waals surface area (Å²) >= 11 is 3.12. The first-order valence-electron chi connectivity index (χ1n) is 12.9. The van der Waals surface area contributed by atoms with Crippen LogP contribution in [-0.2, 0) is 12.8 Å². The summed E-state index contributed by atoms with van der Waals surface area (Å²) in [6.45, 7) is 0. The number of ether oxygens (including phenoxy) is 2. The fraction of sp³-hybridized carbons (Fsp3) is 0.121. The average molecular weight is 566 g/mol. The van der Waals surface area contributed by atoms with Gasteiger partial charge in [-0.1, -0.05) is 12.1 Å². The first-order valence-corrected chi connectivity index (χ1v) is 14.5. The summed E-state index contributed by atoms with van der Waals surface area (Å²) in [6.07, 6.45) is 1.89. The third kappa shape index (κ3) is 5.26. The van der Waals surface area contributed by atoms with Crippen LogP contribution in [0, 0.1) is 0 Å². The van der Waals surface area contributed by atoms with Crippen LogP contribution in [0.4, 0.5) is 17.1 Å². The molecule has 0 saturated carbocycles. The van der Waals surface area contributed by atoms with Gasteiger partial charge in [-0.15, -0.1) is 22.7 Å². The quantitative estimate of drug-likeness (QED) is 0.189. The molecule has 0 amide bonds. The zero-order valence-electron chi connectivity index (χ0n) is 22.1. The van der Waals surface area contributed by atoms with Crippen molar-refractivity contribution in [3.63, 3.8) is 0 Å². The molecule has 0 bridgehead atoms. The SMILES string of the molecule is COc1ccc(N(c2ccc(CCc3cc4cc5sc(C(=O)O)cc5cc4s3)cc2)c2ccc(OC)cc2)cc1. The maximum atomic E-state index is 11.3. The van der Waals surface area contributed by atoms with E-state index >= 15 is 0 Å². The van der Waals surface area contributed by atoms with Gasteiger partial charge in [0.2, 0.25) is 0 Å². The maximum absolute atomic E-state index is 11.3. The Bertz CT molecular complexity index is 1690. The lowest BCUT2D eigenvalue weighted by atomic mass is 10.1. The van der Waals surface area contributed by atoms with Crippen LogP contribution in [0.2, 0.25) is 0 Å². The molecule has 2 aromatic heterocycles. The predicted octanol–water partition coefficient (Wildman–Crippen LogP) is 9.09. The van der Waals surface area contributed by atoms with Gasteiger partial charge in [-0.05, 0) is 114 Å². The molecule has 1 N–H and O–H groups in total. The van der Waals surface area contributed by atoms with E-state index in [1.807, 2.05) is 24.3 Å². The number of hydrogen-bond donors (Lipinski definition) is 1. The van der Waals surface area contributed by atoms with Crippen molar-refractivity contribution >= 4 is 65.9 Å². The van der Waals surface area contributed by atoms with Crippen molar-refractivity contribution in [1.29, 1.82) is 0 Å². The number of anilines is 3. The van der Waals surface area contributed by atoms with E-state index in [1.165, 1.54) is 31.9 Å². The van der Waals surface area contributed by atoms with Crippen molar-refractivity contribution in [2.45, 2.75) is 12.8 Å². The van der Waals surface area contributed by atoms with Gasteiger partial charge < -0.3 is 19.5 Å². The largest absolute Gasteiger partial charge is 0.497 e. The standard InChI is InChI=1S/C33H27NO4S2/c1-37-27-12-8-25(9-13-27)34(26-10-14-28(38-2)15-11-26)24-6-3-21(4-7-24)5-16-29-17-22-18-31-23(19-30(22)39-29)20-32(40-31)33(35)36/h3-4,6-15,17-20H,5,16H2,1-2H3,(H,35,36). The molecule has 0 unspecified atom stereocenters. The van der Waals surface area contributed by atoms with Crippen molar-refractivity contribution in [3.05, 3.63) is 112 Å². The Hall–Kier alpha value is -4.33. The van der Waals surface area contributed by atoms with Crippen LogP contribution < -0.4 is 14.4 Å². The maximum Gasteiger partial charge on any atom is 0.345 e. The van der Waals surface area contributed by atoms with E-state index < -0.39 is 5.97 Å². The summed E-state index contributed by atoms with van der Waals surface area (Å²) in [5, 5.41) is 11.5. The first kappa shape index (κ1) is 25.9. The van der Waals surface area contributed by atoms with Crippen LogP contribution in [-0.4, -0.2) is 25.3 Å². The zero-order chi connectivity index (χ0) is 27.6. The first-order chi connectivity index (χ1) is 19.5. The van der Waals surface area contributed by atoms with Crippen molar-refractivity contribution in [3.8, 4) is 11.5 Å². The molecule has 200 valence electrons. The number of nitrogens with zero attached hydrogens (tertiary/aromatic N) is 1. The summed E-state index contributed by atoms with van der Waals surface area (Å²) in [5.74, 6) is 0.770. The van der Waals surface area contributed by atoms with Gasteiger partial charge in [0.25, 0.3) is 0 Å². The number of aryl methyl sites for hydroxylation is 2. The second-order valence-electron chi connectivity index (χ2n) is 9.45. The predicted molar refractivity (Wildman–Crippen MR) is 166 cm³/mol. The number of rotatable bonds is 9. The molecule has 5 nitrogen and oxygen atoms in total. The van der Waals surface area contributed by atoms with E-state index in [1.54, 1.807) is 31.6 Å². The van der Waals surface area contributed by atoms with Crippen molar-refractivity contribution in [2.75, 3.05) is 19.1 Å². The van der Waals surface area contributed by atoms with Crippen LogP contribution in [0.25, 0.3) is 20.2 Å². The van der Waals surface area contributed by atoms with Crippen molar-refractivity contribution < 1.29 is 19.4 Å². The molecule has 40 heavy (non-hydrogen) atoms. The highest BCUT2D eigenvalue weighted by Crippen LogP contribution is 2.37. The average Bonchev–Trinajstić information content (AvgIpc) is 3.59. The molecule has 0 radical (unpaired) electrons. The topological polar surface area (TPSA) is 59.0 Å². The fourth-order valence-corrected chi connectivity index (χ4v) is 6.87. The van der Waals surface area contributed by atoms with E-state index in [0.29, 0.717) is 4.88 Å². The van der Waals surface area contributed by atoms with Gasteiger partial charge in [0, 0.05) is 31.3 Å². The Balaban J connectivity index is 1.22. The summed E-state index contributed by atoms with van der Waals surface area (Å²) in [5.41, 5.74) is 4.43. The molecule has 0 atom stereocenters. The van der Waals surface area contributed by atoms with Gasteiger partial charge in [0.1, 0.15) is 16.4 Å². The molecule has 6 aromatic rings. The number of carboxylic acids is 1. The molecule has 4 aromatic carbocycles. The summed E-state index contributed by atoms with van der Waals surface area (Å²) in [7, 11) is 3.35. The van der Waals surface area contributed by atoms with Crippen LogP contribution in [0.15, 0.2) is 97.1 Å². The minimum atomic E-state index is -0.868. The van der Waals surface area contributed by atoms with Crippen LogP contribution >= 0.6 is 22.7 Å². The lowest BCUT2D eigenvalue weighted by Gasteiger charge is -2.26. The molecule has 0 aliphatic carbocycles. The second-order valence-corrected chi connectivity index (χ2v) is 11.7. The van der Waals surface area contributed by atoms with E-state index in [0.717, 1.165) is 51.5 Å². The van der Waals surface area contributed by atoms with Crippen molar-refractivity contribution in [2.24, 2.45) is 0 Å². The number of aromatic carboxylic acids is 1. The lowest BCUT2D eigenvalue weighted by molar-refractivity contribution is 0.0702. The highest BCUT2D eigenvalue weighted by molar-refractivity contribution is 7.21. The Kier molecular flexibility index (Phi) is 7.15. The monoisotopic (exact) mass is 565 g/mol. The third-order valence-corrected chi connectivity index (χ3v) is 9.18. The molecule has 2 heterocycles. The number of fused-ring (bicyclic) bond motifs is 2. The summed E-state index contributed by atoms with van der Waals surface area (Å²) < 4.78 is 12.9. The van der Waals surface area contributed by atoms with Crippen LogP contribution in [0.1, 0.15) is 20.1 Å². The molecule has 6 rings (SSSR count). The zero-order valence-corrected chi connectivity index (χ0v) is 23.7. The normalized spacial score (nSPS) is 11.2. The Morgan fingerprint density at radius 2 is 1.18 bits per heavy atom. The van der Waals surface area contributed by atoms with Gasteiger partial charge in [0.15, 0.2) is 0 Å². The van der Waals surface area contributed by atoms with Gasteiger partial charge in [0.05, 0.1) is 14.2 Å². The molecule has 0 saturated heterocycles.